The van der Waals surface area contributed by atoms with Crippen LogP contribution in [0.1, 0.15) is 32.6 Å². The third-order valence-electron chi connectivity index (χ3n) is 5.83. The number of β-amino-alcohol motifs (C(OH)–C–C–N with tert-alkyl or cyclic N) is 1. The average Bonchev–Trinajstić information content (AvgIpc) is 3.16. The van der Waals surface area contributed by atoms with Gasteiger partial charge in [0.15, 0.2) is 0 Å². The summed E-state index contributed by atoms with van der Waals surface area (Å²) in [4.78, 5) is 18.6. The second-order valence-corrected chi connectivity index (χ2v) is 7.85. The van der Waals surface area contributed by atoms with E-state index in [1.165, 1.54) is 17.0 Å². The molecule has 5 rings (SSSR count). The number of carbonyl (C=O) groups excluding carboxylic acids is 1. The molecule has 1 saturated heterocycles. The molecule has 0 saturated carbocycles. The van der Waals surface area contributed by atoms with Crippen LogP contribution in [0.5, 0.6) is 0 Å². The maximum absolute atomic E-state index is 14.7. The molecule has 3 N–H and O–H groups in total. The lowest BCUT2D eigenvalue weighted by molar-refractivity contribution is -0.0864. The number of hydrogen-bond acceptors (Lipinski definition) is 5. The fourth-order valence-corrected chi connectivity index (χ4v) is 4.10. The second kappa shape index (κ2) is 6.23. The van der Waals surface area contributed by atoms with Crippen molar-refractivity contribution in [2.45, 2.75) is 25.7 Å². The van der Waals surface area contributed by atoms with E-state index >= 15 is 0 Å². The maximum atomic E-state index is 14.7. The van der Waals surface area contributed by atoms with E-state index in [2.05, 4.69) is 4.98 Å². The maximum Gasteiger partial charge on any atom is 0.257 e. The number of anilines is 1. The van der Waals surface area contributed by atoms with E-state index in [-0.39, 0.29) is 18.7 Å². The number of nitrogen functional groups attached to an aromatic ring is 1. The van der Waals surface area contributed by atoms with Gasteiger partial charge in [-0.1, -0.05) is 29.8 Å². The van der Waals surface area contributed by atoms with Crippen LogP contribution in [0.4, 0.5) is 10.2 Å². The number of pyridine rings is 1. The summed E-state index contributed by atoms with van der Waals surface area (Å²) >= 11 is 0. The van der Waals surface area contributed by atoms with Gasteiger partial charge in [0, 0.05) is 17.0 Å². The quantitative estimate of drug-likeness (QED) is 0.699. The minimum atomic E-state index is -1.11. The van der Waals surface area contributed by atoms with Crippen LogP contribution in [0.25, 0.3) is 10.9 Å². The predicted octanol–water partition coefficient (Wildman–Crippen LogP) is 2.64. The SMILES string of the molecule is Cc1ccc(C2(O)CN(C(=O)c3cc4c5c(c(N)nc4cc3F)COC5)C2)cc1. The summed E-state index contributed by atoms with van der Waals surface area (Å²) in [7, 11) is 0. The van der Waals surface area contributed by atoms with Gasteiger partial charge in [-0.05, 0) is 24.1 Å². The molecule has 0 bridgehead atoms. The first-order valence-corrected chi connectivity index (χ1v) is 9.43. The number of amides is 1. The molecule has 0 spiro atoms. The third kappa shape index (κ3) is 2.77. The van der Waals surface area contributed by atoms with Gasteiger partial charge in [-0.25, -0.2) is 9.37 Å². The Kier molecular flexibility index (Phi) is 3.88. The molecular weight excluding hydrogens is 373 g/mol. The van der Waals surface area contributed by atoms with Crippen LogP contribution < -0.4 is 5.73 Å². The zero-order chi connectivity index (χ0) is 20.3. The summed E-state index contributed by atoms with van der Waals surface area (Å²) in [6.07, 6.45) is 0. The van der Waals surface area contributed by atoms with Crippen LogP contribution in [-0.4, -0.2) is 34.0 Å². The molecule has 6 nitrogen and oxygen atoms in total. The summed E-state index contributed by atoms with van der Waals surface area (Å²) in [5.41, 5.74) is 8.68. The standard InChI is InChI=1S/C22H20FN3O3/c1-12-2-4-13(5-3-12)22(28)10-26(11-22)21(27)15-6-14-16-8-29-9-17(16)20(24)25-19(14)7-18(15)23/h2-7,28H,8-11H2,1H3,(H2,24,25). The summed E-state index contributed by atoms with van der Waals surface area (Å²) in [5.74, 6) is -0.779. The van der Waals surface area contributed by atoms with Crippen molar-refractivity contribution in [2.75, 3.05) is 18.8 Å². The topological polar surface area (TPSA) is 88.7 Å². The van der Waals surface area contributed by atoms with Crippen LogP contribution in [0.15, 0.2) is 36.4 Å². The Morgan fingerprint density at radius 2 is 1.90 bits per heavy atom. The number of fused-ring (bicyclic) bond motifs is 3. The molecule has 2 aromatic carbocycles. The predicted molar refractivity (Wildman–Crippen MR) is 106 cm³/mol. The first-order chi connectivity index (χ1) is 13.9. The van der Waals surface area contributed by atoms with E-state index in [1.807, 2.05) is 31.2 Å². The average molecular weight is 393 g/mol. The molecule has 1 fully saturated rings. The third-order valence-corrected chi connectivity index (χ3v) is 5.83. The van der Waals surface area contributed by atoms with Crippen molar-refractivity contribution in [1.82, 2.24) is 9.88 Å². The van der Waals surface area contributed by atoms with Gasteiger partial charge in [-0.15, -0.1) is 0 Å². The number of rotatable bonds is 2. The number of aliphatic hydroxyl groups is 1. The summed E-state index contributed by atoms with van der Waals surface area (Å²) in [6.45, 7) is 2.92. The van der Waals surface area contributed by atoms with E-state index in [4.69, 9.17) is 10.5 Å². The van der Waals surface area contributed by atoms with Crippen LogP contribution in [0.3, 0.4) is 0 Å². The van der Waals surface area contributed by atoms with Crippen molar-refractivity contribution in [3.8, 4) is 0 Å². The number of benzene rings is 2. The van der Waals surface area contributed by atoms with Gasteiger partial charge in [-0.2, -0.15) is 0 Å². The summed E-state index contributed by atoms with van der Waals surface area (Å²) < 4.78 is 20.2. The zero-order valence-corrected chi connectivity index (χ0v) is 15.9. The van der Waals surface area contributed by atoms with Crippen LogP contribution in [0.2, 0.25) is 0 Å². The Morgan fingerprint density at radius 1 is 1.21 bits per heavy atom. The van der Waals surface area contributed by atoms with Crippen molar-refractivity contribution in [2.24, 2.45) is 0 Å². The minimum absolute atomic E-state index is 0.0378. The summed E-state index contributed by atoms with van der Waals surface area (Å²) in [5, 5.41) is 11.5. The Morgan fingerprint density at radius 3 is 2.62 bits per heavy atom. The number of nitrogens with two attached hydrogens (primary N) is 1. The second-order valence-electron chi connectivity index (χ2n) is 7.85. The fourth-order valence-electron chi connectivity index (χ4n) is 4.10. The first-order valence-electron chi connectivity index (χ1n) is 9.43. The van der Waals surface area contributed by atoms with Crippen molar-refractivity contribution in [1.29, 1.82) is 0 Å². The van der Waals surface area contributed by atoms with Crippen molar-refractivity contribution in [3.63, 3.8) is 0 Å². The van der Waals surface area contributed by atoms with Crippen LogP contribution >= 0.6 is 0 Å². The van der Waals surface area contributed by atoms with Gasteiger partial charge >= 0.3 is 0 Å². The normalized spacial score (nSPS) is 17.3. The Hall–Kier alpha value is -3.03. The number of likely N-dealkylation sites (tertiary alicyclic amines) is 1. The van der Waals surface area contributed by atoms with Gasteiger partial charge in [0.2, 0.25) is 0 Å². The number of nitrogens with zero attached hydrogens (tertiary/aromatic N) is 2. The zero-order valence-electron chi connectivity index (χ0n) is 15.9. The largest absolute Gasteiger partial charge is 0.383 e. The van der Waals surface area contributed by atoms with Crippen molar-refractivity contribution >= 4 is 22.6 Å². The molecule has 0 unspecified atom stereocenters. The molecule has 1 aromatic heterocycles. The van der Waals surface area contributed by atoms with E-state index in [9.17, 15) is 14.3 Å². The molecule has 1 amide bonds. The monoisotopic (exact) mass is 393 g/mol. The van der Waals surface area contributed by atoms with Crippen molar-refractivity contribution in [3.05, 3.63) is 70.0 Å². The molecule has 148 valence electrons. The van der Waals surface area contributed by atoms with Crippen molar-refractivity contribution < 1.29 is 19.0 Å². The molecule has 0 radical (unpaired) electrons. The smallest absolute Gasteiger partial charge is 0.257 e. The molecule has 0 aliphatic carbocycles. The number of hydrogen-bond donors (Lipinski definition) is 2. The van der Waals surface area contributed by atoms with Gasteiger partial charge < -0.3 is 20.5 Å². The molecule has 0 atom stereocenters. The molecule has 3 heterocycles. The van der Waals surface area contributed by atoms with Gasteiger partial charge in [0.05, 0.1) is 37.4 Å². The van der Waals surface area contributed by atoms with Gasteiger partial charge in [0.1, 0.15) is 17.2 Å². The minimum Gasteiger partial charge on any atom is -0.383 e. The Bertz CT molecular complexity index is 1150. The van der Waals surface area contributed by atoms with Gasteiger partial charge in [-0.3, -0.25) is 4.79 Å². The molecular formula is C22H20FN3O3. The van der Waals surface area contributed by atoms with E-state index in [1.54, 1.807) is 0 Å². The first kappa shape index (κ1) is 18.0. The number of ether oxygens (including phenoxy) is 1. The fraction of sp³-hybridized carbons (Fsp3) is 0.273. The Balaban J connectivity index is 1.46. The molecule has 2 aliphatic heterocycles. The number of aromatic nitrogens is 1. The summed E-state index contributed by atoms with van der Waals surface area (Å²) in [6, 6.07) is 10.3. The Labute approximate surface area is 166 Å². The highest BCUT2D eigenvalue weighted by molar-refractivity contribution is 6.00. The number of aryl methyl sites for hydroxylation is 1. The van der Waals surface area contributed by atoms with E-state index in [0.717, 1.165) is 22.3 Å². The molecule has 29 heavy (non-hydrogen) atoms. The lowest BCUT2D eigenvalue weighted by Gasteiger charge is -2.46. The highest BCUT2D eigenvalue weighted by atomic mass is 19.1. The molecule has 7 heteroatoms. The van der Waals surface area contributed by atoms with E-state index < -0.39 is 17.3 Å². The van der Waals surface area contributed by atoms with Gasteiger partial charge in [0.25, 0.3) is 5.91 Å². The molecule has 2 aliphatic rings. The van der Waals surface area contributed by atoms with Crippen LogP contribution in [0, 0.1) is 12.7 Å². The van der Waals surface area contributed by atoms with E-state index in [0.29, 0.717) is 29.9 Å². The highest BCUT2D eigenvalue weighted by Gasteiger charge is 2.45. The van der Waals surface area contributed by atoms with Crippen LogP contribution in [-0.2, 0) is 23.6 Å². The highest BCUT2D eigenvalue weighted by Crippen LogP contribution is 2.35. The molecule has 3 aromatic rings. The lowest BCUT2D eigenvalue weighted by Crippen LogP contribution is -2.61. The number of carbonyl (C=O) groups is 1. The lowest BCUT2D eigenvalue weighted by atomic mass is 9.85. The number of halogens is 1.